The number of aryl methyl sites for hydroxylation is 1. The number of hydrogen-bond donors (Lipinski definition) is 0. The van der Waals surface area contributed by atoms with Gasteiger partial charge in [0.2, 0.25) is 0 Å². The van der Waals surface area contributed by atoms with Crippen molar-refractivity contribution < 1.29 is 8.78 Å². The van der Waals surface area contributed by atoms with E-state index in [2.05, 4.69) is 13.8 Å². The predicted molar refractivity (Wildman–Crippen MR) is 111 cm³/mol. The van der Waals surface area contributed by atoms with Crippen LogP contribution in [0.2, 0.25) is 0 Å². The van der Waals surface area contributed by atoms with E-state index < -0.39 is 5.82 Å². The van der Waals surface area contributed by atoms with Gasteiger partial charge in [0, 0.05) is 10.9 Å². The summed E-state index contributed by atoms with van der Waals surface area (Å²) in [5, 5.41) is 10.6. The monoisotopic (exact) mass is 377 g/mol. The Morgan fingerprint density at radius 1 is 0.857 bits per heavy atom. The summed E-state index contributed by atoms with van der Waals surface area (Å²) in [4.78, 5) is 0. The Labute approximate surface area is 165 Å². The number of halogens is 2. The van der Waals surface area contributed by atoms with Crippen LogP contribution >= 0.6 is 0 Å². The van der Waals surface area contributed by atoms with Crippen molar-refractivity contribution in [1.29, 1.82) is 5.26 Å². The Bertz CT molecular complexity index is 1030. The number of fused-ring (bicyclic) bond motifs is 1. The van der Waals surface area contributed by atoms with Gasteiger partial charge in [-0.1, -0.05) is 57.0 Å². The molecule has 0 aliphatic heterocycles. The number of hydrogen-bond acceptors (Lipinski definition) is 1. The fourth-order valence-corrected chi connectivity index (χ4v) is 3.85. The minimum atomic E-state index is -0.607. The highest BCUT2D eigenvalue weighted by atomic mass is 19.1. The summed E-state index contributed by atoms with van der Waals surface area (Å²) < 4.78 is 30.0. The van der Waals surface area contributed by atoms with Gasteiger partial charge < -0.3 is 0 Å². The molecule has 0 saturated carbocycles. The molecule has 0 N–H and O–H groups in total. The Balaban J connectivity index is 2.34. The van der Waals surface area contributed by atoms with E-state index in [9.17, 15) is 4.39 Å². The normalized spacial score (nSPS) is 11.0. The smallest absolute Gasteiger partial charge is 0.141 e. The van der Waals surface area contributed by atoms with E-state index >= 15 is 4.39 Å². The molecule has 3 rings (SSSR count). The van der Waals surface area contributed by atoms with Gasteiger partial charge in [-0.3, -0.25) is 0 Å². The van der Waals surface area contributed by atoms with Crippen molar-refractivity contribution in [3.05, 3.63) is 70.8 Å². The van der Waals surface area contributed by atoms with E-state index in [-0.39, 0.29) is 11.4 Å². The summed E-state index contributed by atoms with van der Waals surface area (Å²) in [7, 11) is 0. The lowest BCUT2D eigenvalue weighted by Crippen LogP contribution is -2.04. The predicted octanol–water partition coefficient (Wildman–Crippen LogP) is 7.34. The van der Waals surface area contributed by atoms with Crippen molar-refractivity contribution in [3.63, 3.8) is 0 Å². The maximum absolute atomic E-state index is 15.7. The molecule has 0 saturated heterocycles. The maximum atomic E-state index is 15.7. The summed E-state index contributed by atoms with van der Waals surface area (Å²) in [6.45, 7) is 4.26. The molecule has 0 amide bonds. The molecule has 144 valence electrons. The van der Waals surface area contributed by atoms with Crippen LogP contribution in [0, 0.1) is 23.0 Å². The second-order valence-corrected chi connectivity index (χ2v) is 7.21. The fourth-order valence-electron chi connectivity index (χ4n) is 3.85. The number of nitriles is 1. The van der Waals surface area contributed by atoms with Gasteiger partial charge in [0.1, 0.15) is 17.7 Å². The summed E-state index contributed by atoms with van der Waals surface area (Å²) in [6.07, 6.45) is 5.66. The Morgan fingerprint density at radius 3 is 2.11 bits per heavy atom. The molecule has 0 fully saturated rings. The molecule has 0 radical (unpaired) electrons. The largest absolute Gasteiger partial charge is 0.206 e. The zero-order chi connectivity index (χ0) is 20.1. The number of nitrogens with zero attached hydrogens (tertiary/aromatic N) is 1. The molecule has 0 atom stereocenters. The molecule has 3 aromatic carbocycles. The van der Waals surface area contributed by atoms with Crippen molar-refractivity contribution >= 4 is 10.8 Å². The molecule has 3 aromatic rings. The summed E-state index contributed by atoms with van der Waals surface area (Å²) in [5.41, 5.74) is 3.12. The van der Waals surface area contributed by atoms with Crippen LogP contribution in [-0.4, -0.2) is 0 Å². The molecule has 0 bridgehead atoms. The summed E-state index contributed by atoms with van der Waals surface area (Å²) in [5.74, 6) is -0.907. The number of unbranched alkanes of at least 4 members (excludes halogenated alkanes) is 2. The van der Waals surface area contributed by atoms with E-state index in [1.807, 2.05) is 24.3 Å². The van der Waals surface area contributed by atoms with E-state index in [0.717, 1.165) is 49.5 Å². The third kappa shape index (κ3) is 3.78. The molecular weight excluding hydrogens is 352 g/mol. The van der Waals surface area contributed by atoms with E-state index in [0.29, 0.717) is 16.5 Å². The second-order valence-electron chi connectivity index (χ2n) is 7.21. The fraction of sp³-hybridized carbons (Fsp3) is 0.320. The quantitative estimate of drug-likeness (QED) is 0.422. The molecule has 0 heterocycles. The number of benzene rings is 3. The van der Waals surface area contributed by atoms with E-state index in [1.54, 1.807) is 12.1 Å². The van der Waals surface area contributed by atoms with Crippen molar-refractivity contribution in [2.45, 2.75) is 52.4 Å². The van der Waals surface area contributed by atoms with Gasteiger partial charge >= 0.3 is 0 Å². The van der Waals surface area contributed by atoms with E-state index in [1.165, 1.54) is 17.7 Å². The third-order valence-corrected chi connectivity index (χ3v) is 5.31. The highest BCUT2D eigenvalue weighted by Crippen LogP contribution is 2.38. The van der Waals surface area contributed by atoms with Gasteiger partial charge in [0.05, 0.1) is 5.56 Å². The molecular formula is C25H25F2N. The Kier molecular flexibility index (Phi) is 6.41. The van der Waals surface area contributed by atoms with Gasteiger partial charge in [-0.25, -0.2) is 8.78 Å². The van der Waals surface area contributed by atoms with Crippen LogP contribution in [0.4, 0.5) is 8.78 Å². The zero-order valence-electron chi connectivity index (χ0n) is 16.5. The maximum Gasteiger partial charge on any atom is 0.141 e. The summed E-state index contributed by atoms with van der Waals surface area (Å²) >= 11 is 0. The van der Waals surface area contributed by atoms with Crippen molar-refractivity contribution in [3.8, 4) is 17.2 Å². The Hall–Kier alpha value is -2.73. The minimum absolute atomic E-state index is 0.0220. The van der Waals surface area contributed by atoms with Crippen molar-refractivity contribution in [1.82, 2.24) is 0 Å². The van der Waals surface area contributed by atoms with Crippen LogP contribution in [0.25, 0.3) is 21.9 Å². The van der Waals surface area contributed by atoms with Crippen LogP contribution in [-0.2, 0) is 12.8 Å². The summed E-state index contributed by atoms with van der Waals surface area (Å²) in [6, 6.07) is 13.8. The first-order chi connectivity index (χ1) is 13.6. The molecule has 0 unspecified atom stereocenters. The zero-order valence-corrected chi connectivity index (χ0v) is 16.5. The molecule has 0 aliphatic carbocycles. The third-order valence-electron chi connectivity index (χ3n) is 5.31. The topological polar surface area (TPSA) is 23.8 Å². The van der Waals surface area contributed by atoms with E-state index in [4.69, 9.17) is 5.26 Å². The van der Waals surface area contributed by atoms with Crippen LogP contribution in [0.3, 0.4) is 0 Å². The standard InChI is InChI=1S/C25H25F2N/c1-3-5-9-19-20-11-7-8-12-22(20)25(27)24(21(19)10-6-4-2)17-13-14-18(16-28)23(26)15-17/h7-8,11-15H,3-6,9-10H2,1-2H3. The lowest BCUT2D eigenvalue weighted by atomic mass is 9.85. The van der Waals surface area contributed by atoms with Gasteiger partial charge in [-0.2, -0.15) is 5.26 Å². The molecule has 3 heteroatoms. The van der Waals surface area contributed by atoms with Gasteiger partial charge in [-0.05, 0) is 59.9 Å². The molecule has 28 heavy (non-hydrogen) atoms. The molecule has 1 nitrogen and oxygen atoms in total. The first-order valence-corrected chi connectivity index (χ1v) is 10.0. The van der Waals surface area contributed by atoms with Crippen LogP contribution in [0.1, 0.15) is 56.2 Å². The second kappa shape index (κ2) is 8.97. The molecule has 0 spiro atoms. The van der Waals surface area contributed by atoms with Crippen LogP contribution in [0.5, 0.6) is 0 Å². The number of rotatable bonds is 7. The van der Waals surface area contributed by atoms with Crippen molar-refractivity contribution in [2.24, 2.45) is 0 Å². The van der Waals surface area contributed by atoms with Gasteiger partial charge in [0.15, 0.2) is 0 Å². The SMILES string of the molecule is CCCCc1c(-c2ccc(C#N)c(F)c2)c(F)c2ccccc2c1CCCC. The minimum Gasteiger partial charge on any atom is -0.206 e. The van der Waals surface area contributed by atoms with Gasteiger partial charge in [0.25, 0.3) is 0 Å². The lowest BCUT2D eigenvalue weighted by molar-refractivity contribution is 0.622. The van der Waals surface area contributed by atoms with Crippen LogP contribution < -0.4 is 0 Å². The molecule has 0 aromatic heterocycles. The molecule has 0 aliphatic rings. The highest BCUT2D eigenvalue weighted by molar-refractivity contribution is 5.93. The average molecular weight is 377 g/mol. The first-order valence-electron chi connectivity index (χ1n) is 10.0. The Morgan fingerprint density at radius 2 is 1.50 bits per heavy atom. The van der Waals surface area contributed by atoms with Crippen molar-refractivity contribution in [2.75, 3.05) is 0 Å². The first kappa shape index (κ1) is 20.0. The van der Waals surface area contributed by atoms with Gasteiger partial charge in [-0.15, -0.1) is 0 Å². The van der Waals surface area contributed by atoms with Crippen LogP contribution in [0.15, 0.2) is 42.5 Å². The highest BCUT2D eigenvalue weighted by Gasteiger charge is 2.21. The lowest BCUT2D eigenvalue weighted by Gasteiger charge is -2.20. The average Bonchev–Trinajstić information content (AvgIpc) is 2.71.